The van der Waals surface area contributed by atoms with E-state index in [2.05, 4.69) is 10.2 Å². The van der Waals surface area contributed by atoms with Crippen molar-refractivity contribution < 1.29 is 9.59 Å². The van der Waals surface area contributed by atoms with E-state index < -0.39 is 0 Å². The smallest absolute Gasteiger partial charge is 0.261 e. The Balaban J connectivity index is 1.28. The molecule has 0 spiro atoms. The van der Waals surface area contributed by atoms with Gasteiger partial charge < -0.3 is 5.84 Å². The van der Waals surface area contributed by atoms with Crippen molar-refractivity contribution >= 4 is 23.6 Å². The van der Waals surface area contributed by atoms with E-state index in [1.807, 2.05) is 31.2 Å². The normalized spacial score (nSPS) is 13.2. The van der Waals surface area contributed by atoms with Crippen LogP contribution in [0.5, 0.6) is 0 Å². The number of aryl methyl sites for hydroxylation is 1. The highest BCUT2D eigenvalue weighted by molar-refractivity contribution is 7.99. The van der Waals surface area contributed by atoms with Gasteiger partial charge in [0.05, 0.1) is 11.1 Å². The van der Waals surface area contributed by atoms with Gasteiger partial charge in [0.2, 0.25) is 5.16 Å². The van der Waals surface area contributed by atoms with Gasteiger partial charge in [0.25, 0.3) is 11.8 Å². The van der Waals surface area contributed by atoms with Crippen LogP contribution in [0.1, 0.15) is 39.1 Å². The molecule has 7 nitrogen and oxygen atoms in total. The van der Waals surface area contributed by atoms with Crippen LogP contribution < -0.4 is 5.84 Å². The highest BCUT2D eigenvalue weighted by atomic mass is 32.2. The van der Waals surface area contributed by atoms with E-state index in [4.69, 9.17) is 5.84 Å². The van der Waals surface area contributed by atoms with Crippen molar-refractivity contribution in [3.8, 4) is 11.4 Å². The lowest BCUT2D eigenvalue weighted by atomic mass is 10.1. The summed E-state index contributed by atoms with van der Waals surface area (Å²) in [6.45, 7) is 2.44. The molecule has 0 atom stereocenters. The van der Waals surface area contributed by atoms with Gasteiger partial charge in [-0.1, -0.05) is 53.7 Å². The van der Waals surface area contributed by atoms with Crippen molar-refractivity contribution in [1.82, 2.24) is 19.8 Å². The number of unbranched alkanes of at least 4 members (excludes halogenated alkanes) is 1. The summed E-state index contributed by atoms with van der Waals surface area (Å²) < 4.78 is 1.50. The van der Waals surface area contributed by atoms with Crippen LogP contribution in [0.2, 0.25) is 0 Å². The SMILES string of the molecule is Cc1ccc(-c2nnc(SCCCCN3C(=O)c4ccccc4C3=O)n2N)cc1. The number of carbonyl (C=O) groups excluding carboxylic acids is 2. The molecule has 2 N–H and O–H groups in total. The second-order valence-electron chi connectivity index (χ2n) is 6.91. The molecule has 3 aromatic rings. The standard InChI is InChI=1S/C21H21N5O2S/c1-14-8-10-15(11-9-14)18-23-24-21(26(18)22)29-13-5-4-12-25-19(27)16-6-2-3-7-17(16)20(25)28/h2-3,6-11H,4-5,12-13,22H2,1H3. The maximum atomic E-state index is 12.4. The number of nitrogen functional groups attached to an aromatic ring is 1. The van der Waals surface area contributed by atoms with Crippen LogP contribution >= 0.6 is 11.8 Å². The van der Waals surface area contributed by atoms with Gasteiger partial charge in [0.1, 0.15) is 0 Å². The number of benzene rings is 2. The molecule has 2 heterocycles. The summed E-state index contributed by atoms with van der Waals surface area (Å²) in [5.41, 5.74) is 3.08. The third kappa shape index (κ3) is 3.75. The molecular weight excluding hydrogens is 386 g/mol. The van der Waals surface area contributed by atoms with Crippen LogP contribution in [0.15, 0.2) is 53.7 Å². The largest absolute Gasteiger partial charge is 0.335 e. The Morgan fingerprint density at radius 2 is 1.59 bits per heavy atom. The fourth-order valence-corrected chi connectivity index (χ4v) is 4.11. The summed E-state index contributed by atoms with van der Waals surface area (Å²) in [5.74, 6) is 7.13. The minimum absolute atomic E-state index is 0.206. The van der Waals surface area contributed by atoms with E-state index in [9.17, 15) is 9.59 Å². The molecule has 8 heteroatoms. The number of carbonyl (C=O) groups is 2. The first-order valence-corrected chi connectivity index (χ1v) is 10.4. The summed E-state index contributed by atoms with van der Waals surface area (Å²) >= 11 is 1.51. The summed E-state index contributed by atoms with van der Waals surface area (Å²) in [4.78, 5) is 26.0. The molecule has 0 unspecified atom stereocenters. The zero-order valence-electron chi connectivity index (χ0n) is 16.0. The van der Waals surface area contributed by atoms with Crippen molar-refractivity contribution in [1.29, 1.82) is 0 Å². The van der Waals surface area contributed by atoms with Gasteiger partial charge in [-0.05, 0) is 31.9 Å². The molecule has 0 radical (unpaired) electrons. The van der Waals surface area contributed by atoms with E-state index in [1.54, 1.807) is 24.3 Å². The zero-order chi connectivity index (χ0) is 20.4. The molecule has 0 bridgehead atoms. The van der Waals surface area contributed by atoms with Gasteiger partial charge in [0.15, 0.2) is 5.82 Å². The molecule has 0 saturated heterocycles. The van der Waals surface area contributed by atoms with Gasteiger partial charge in [-0.3, -0.25) is 14.5 Å². The second kappa shape index (κ2) is 8.08. The quantitative estimate of drug-likeness (QED) is 0.280. The van der Waals surface area contributed by atoms with E-state index in [0.29, 0.717) is 28.7 Å². The van der Waals surface area contributed by atoms with E-state index >= 15 is 0 Å². The lowest BCUT2D eigenvalue weighted by Crippen LogP contribution is -2.30. The predicted molar refractivity (Wildman–Crippen MR) is 112 cm³/mol. The first-order chi connectivity index (χ1) is 14.1. The highest BCUT2D eigenvalue weighted by Crippen LogP contribution is 2.24. The van der Waals surface area contributed by atoms with Crippen LogP contribution in [-0.4, -0.2) is 43.9 Å². The van der Waals surface area contributed by atoms with Crippen LogP contribution in [-0.2, 0) is 0 Å². The number of hydrogen-bond acceptors (Lipinski definition) is 6. The monoisotopic (exact) mass is 407 g/mol. The maximum Gasteiger partial charge on any atom is 0.261 e. The minimum atomic E-state index is -0.206. The van der Waals surface area contributed by atoms with E-state index in [-0.39, 0.29) is 11.8 Å². The number of aromatic nitrogens is 3. The first kappa shape index (κ1) is 19.2. The number of nitrogens with zero attached hydrogens (tertiary/aromatic N) is 4. The second-order valence-corrected chi connectivity index (χ2v) is 7.97. The lowest BCUT2D eigenvalue weighted by Gasteiger charge is -2.13. The van der Waals surface area contributed by atoms with Crippen molar-refractivity contribution in [3.05, 3.63) is 65.2 Å². The molecule has 2 aromatic carbocycles. The Morgan fingerprint density at radius 3 is 2.24 bits per heavy atom. The summed E-state index contributed by atoms with van der Waals surface area (Å²) in [7, 11) is 0. The first-order valence-electron chi connectivity index (χ1n) is 9.42. The number of nitrogens with two attached hydrogens (primary N) is 1. The summed E-state index contributed by atoms with van der Waals surface area (Å²) in [6.07, 6.45) is 1.55. The average Bonchev–Trinajstić information content (AvgIpc) is 3.21. The van der Waals surface area contributed by atoms with Gasteiger partial charge in [-0.2, -0.15) is 0 Å². The predicted octanol–water partition coefficient (Wildman–Crippen LogP) is 3.14. The number of hydrogen-bond donors (Lipinski definition) is 1. The third-order valence-corrected chi connectivity index (χ3v) is 5.89. The molecule has 0 aliphatic carbocycles. The molecule has 1 aliphatic rings. The number of amides is 2. The Bertz CT molecular complexity index is 1030. The Labute approximate surface area is 172 Å². The topological polar surface area (TPSA) is 94.1 Å². The zero-order valence-corrected chi connectivity index (χ0v) is 16.9. The van der Waals surface area contributed by atoms with Crippen molar-refractivity contribution in [2.75, 3.05) is 18.1 Å². The third-order valence-electron chi connectivity index (χ3n) is 4.86. The molecule has 1 aliphatic heterocycles. The summed E-state index contributed by atoms with van der Waals surface area (Å²) in [6, 6.07) is 14.9. The molecule has 0 saturated carbocycles. The fourth-order valence-electron chi connectivity index (χ4n) is 3.25. The molecular formula is C21H21N5O2S. The number of fused-ring (bicyclic) bond motifs is 1. The highest BCUT2D eigenvalue weighted by Gasteiger charge is 2.34. The van der Waals surface area contributed by atoms with Gasteiger partial charge >= 0.3 is 0 Å². The number of imide groups is 1. The minimum Gasteiger partial charge on any atom is -0.335 e. The Kier molecular flexibility index (Phi) is 5.35. The van der Waals surface area contributed by atoms with Crippen molar-refractivity contribution in [3.63, 3.8) is 0 Å². The molecule has 0 fully saturated rings. The number of thioether (sulfide) groups is 1. The van der Waals surface area contributed by atoms with Gasteiger partial charge in [-0.15, -0.1) is 10.2 Å². The van der Waals surface area contributed by atoms with Gasteiger partial charge in [0, 0.05) is 17.9 Å². The molecule has 4 rings (SSSR count). The van der Waals surface area contributed by atoms with Crippen LogP contribution in [0.3, 0.4) is 0 Å². The maximum absolute atomic E-state index is 12.4. The molecule has 2 amide bonds. The molecule has 148 valence electrons. The average molecular weight is 407 g/mol. The van der Waals surface area contributed by atoms with E-state index in [0.717, 1.165) is 24.2 Å². The molecule has 1 aromatic heterocycles. The lowest BCUT2D eigenvalue weighted by molar-refractivity contribution is 0.0652. The van der Waals surface area contributed by atoms with Crippen molar-refractivity contribution in [2.45, 2.75) is 24.9 Å². The molecule has 29 heavy (non-hydrogen) atoms. The summed E-state index contributed by atoms with van der Waals surface area (Å²) in [5, 5.41) is 9.00. The van der Waals surface area contributed by atoms with Crippen molar-refractivity contribution in [2.24, 2.45) is 0 Å². The number of rotatable bonds is 7. The van der Waals surface area contributed by atoms with Crippen LogP contribution in [0.25, 0.3) is 11.4 Å². The van der Waals surface area contributed by atoms with E-state index in [1.165, 1.54) is 26.9 Å². The Hall–Kier alpha value is -3.13. The van der Waals surface area contributed by atoms with Crippen LogP contribution in [0, 0.1) is 6.92 Å². The fraction of sp³-hybridized carbons (Fsp3) is 0.238. The Morgan fingerprint density at radius 1 is 0.931 bits per heavy atom. The van der Waals surface area contributed by atoms with Crippen LogP contribution in [0.4, 0.5) is 0 Å². The van der Waals surface area contributed by atoms with Gasteiger partial charge in [-0.25, -0.2) is 4.68 Å².